The maximum atomic E-state index is 11.5. The van der Waals surface area contributed by atoms with Crippen LogP contribution in [0.1, 0.15) is 0 Å². The molecule has 0 spiro atoms. The van der Waals surface area contributed by atoms with Gasteiger partial charge in [0.05, 0.1) is 13.2 Å². The summed E-state index contributed by atoms with van der Waals surface area (Å²) in [5.41, 5.74) is 5.38. The number of hydrogen-bond donors (Lipinski definition) is 1. The summed E-state index contributed by atoms with van der Waals surface area (Å²) in [6.45, 7) is 1.08. The van der Waals surface area contributed by atoms with Gasteiger partial charge in [0.15, 0.2) is 0 Å². The van der Waals surface area contributed by atoms with Crippen molar-refractivity contribution in [3.8, 4) is 5.95 Å². The molecule has 1 aliphatic heterocycles. The number of amides is 1. The molecule has 2 aromatic heterocycles. The molecule has 0 bridgehead atoms. The van der Waals surface area contributed by atoms with Gasteiger partial charge in [-0.2, -0.15) is 20.1 Å². The van der Waals surface area contributed by atoms with Gasteiger partial charge in [0.1, 0.15) is 6.04 Å². The molecule has 2 N–H and O–H groups in total. The third kappa shape index (κ3) is 2.78. The zero-order chi connectivity index (χ0) is 14.8. The van der Waals surface area contributed by atoms with Crippen LogP contribution in [0.15, 0.2) is 18.5 Å². The number of hydrogen-bond acceptors (Lipinski definition) is 7. The molecular formula is C11H12ClN7O2. The van der Waals surface area contributed by atoms with Crippen LogP contribution in [0.5, 0.6) is 0 Å². The number of primary amides is 1. The Morgan fingerprint density at radius 1 is 1.38 bits per heavy atom. The summed E-state index contributed by atoms with van der Waals surface area (Å²) in [5, 5.41) is 4.05. The van der Waals surface area contributed by atoms with E-state index in [1.807, 2.05) is 0 Å². The molecule has 0 aliphatic carbocycles. The number of anilines is 1. The van der Waals surface area contributed by atoms with Crippen LogP contribution in [0.2, 0.25) is 5.28 Å². The number of halogens is 1. The summed E-state index contributed by atoms with van der Waals surface area (Å²) >= 11 is 5.94. The van der Waals surface area contributed by atoms with Gasteiger partial charge in [0, 0.05) is 18.9 Å². The van der Waals surface area contributed by atoms with Crippen LogP contribution in [0.3, 0.4) is 0 Å². The molecule has 3 heterocycles. The van der Waals surface area contributed by atoms with Crippen molar-refractivity contribution in [2.45, 2.75) is 6.04 Å². The Balaban J connectivity index is 1.99. The van der Waals surface area contributed by atoms with E-state index in [-0.39, 0.29) is 23.8 Å². The molecule has 1 atom stereocenters. The standard InChI is InChI=1S/C11H12ClN7O2/c12-9-15-10(17-11(16-9)19-3-1-2-14-19)18-4-5-21-6-7(18)8(13)20/h1-3,7H,4-6H2,(H2,13,20). The molecule has 21 heavy (non-hydrogen) atoms. The summed E-state index contributed by atoms with van der Waals surface area (Å²) in [5.74, 6) is 0.0317. The number of rotatable bonds is 3. The SMILES string of the molecule is NC(=O)C1COCCN1c1nc(Cl)nc(-n2cccn2)n1. The van der Waals surface area contributed by atoms with E-state index in [1.165, 1.54) is 4.68 Å². The summed E-state index contributed by atoms with van der Waals surface area (Å²) in [4.78, 5) is 25.5. The van der Waals surface area contributed by atoms with Crippen molar-refractivity contribution in [2.75, 3.05) is 24.7 Å². The van der Waals surface area contributed by atoms with Crippen molar-refractivity contribution >= 4 is 23.5 Å². The van der Waals surface area contributed by atoms with Gasteiger partial charge in [0.25, 0.3) is 5.95 Å². The fraction of sp³-hybridized carbons (Fsp3) is 0.364. The van der Waals surface area contributed by atoms with E-state index in [0.717, 1.165) is 0 Å². The summed E-state index contributed by atoms with van der Waals surface area (Å²) in [7, 11) is 0. The van der Waals surface area contributed by atoms with Crippen molar-refractivity contribution in [3.63, 3.8) is 0 Å². The van der Waals surface area contributed by atoms with Crippen molar-refractivity contribution in [2.24, 2.45) is 5.73 Å². The number of ether oxygens (including phenoxy) is 1. The molecule has 0 radical (unpaired) electrons. The largest absolute Gasteiger partial charge is 0.377 e. The van der Waals surface area contributed by atoms with E-state index >= 15 is 0 Å². The quantitative estimate of drug-likeness (QED) is 0.805. The van der Waals surface area contributed by atoms with E-state index in [2.05, 4.69) is 20.1 Å². The lowest BCUT2D eigenvalue weighted by molar-refractivity contribution is -0.121. The first-order valence-electron chi connectivity index (χ1n) is 6.20. The molecule has 1 unspecified atom stereocenters. The number of nitrogens with zero attached hydrogens (tertiary/aromatic N) is 6. The third-order valence-electron chi connectivity index (χ3n) is 3.01. The Morgan fingerprint density at radius 2 is 2.19 bits per heavy atom. The highest BCUT2D eigenvalue weighted by atomic mass is 35.5. The van der Waals surface area contributed by atoms with E-state index in [9.17, 15) is 4.79 Å². The highest BCUT2D eigenvalue weighted by Gasteiger charge is 2.30. The van der Waals surface area contributed by atoms with Gasteiger partial charge in [-0.25, -0.2) is 4.68 Å². The summed E-state index contributed by atoms with van der Waals surface area (Å²) in [6, 6.07) is 1.10. The Kier molecular flexibility index (Phi) is 3.67. The van der Waals surface area contributed by atoms with Crippen molar-refractivity contribution < 1.29 is 9.53 Å². The normalized spacial score (nSPS) is 18.7. The Morgan fingerprint density at radius 3 is 2.90 bits per heavy atom. The Bertz CT molecular complexity index is 648. The van der Waals surface area contributed by atoms with E-state index in [0.29, 0.717) is 13.2 Å². The smallest absolute Gasteiger partial charge is 0.256 e. The fourth-order valence-corrected chi connectivity index (χ4v) is 2.18. The third-order valence-corrected chi connectivity index (χ3v) is 3.18. The lowest BCUT2D eigenvalue weighted by atomic mass is 10.2. The van der Waals surface area contributed by atoms with Crippen LogP contribution in [0.4, 0.5) is 5.95 Å². The average molecular weight is 310 g/mol. The van der Waals surface area contributed by atoms with E-state index in [1.54, 1.807) is 23.4 Å². The number of nitrogens with two attached hydrogens (primary N) is 1. The maximum absolute atomic E-state index is 11.5. The fourth-order valence-electron chi connectivity index (χ4n) is 2.03. The van der Waals surface area contributed by atoms with Gasteiger partial charge < -0.3 is 15.4 Å². The Hall–Kier alpha value is -2.26. The first-order valence-corrected chi connectivity index (χ1v) is 6.58. The van der Waals surface area contributed by atoms with Gasteiger partial charge in [-0.15, -0.1) is 0 Å². The molecule has 0 aromatic carbocycles. The topological polar surface area (TPSA) is 112 Å². The van der Waals surface area contributed by atoms with Gasteiger partial charge in [-0.1, -0.05) is 0 Å². The van der Waals surface area contributed by atoms with E-state index in [4.69, 9.17) is 22.1 Å². The number of carbonyl (C=O) groups is 1. The molecule has 3 rings (SSSR count). The molecule has 110 valence electrons. The zero-order valence-electron chi connectivity index (χ0n) is 10.9. The number of morpholine rings is 1. The zero-order valence-corrected chi connectivity index (χ0v) is 11.6. The molecule has 9 nitrogen and oxygen atoms in total. The molecule has 1 aliphatic rings. The molecule has 2 aromatic rings. The van der Waals surface area contributed by atoms with Crippen LogP contribution < -0.4 is 10.6 Å². The van der Waals surface area contributed by atoms with Gasteiger partial charge in [-0.3, -0.25) is 4.79 Å². The van der Waals surface area contributed by atoms with Crippen molar-refractivity contribution in [1.82, 2.24) is 24.7 Å². The highest BCUT2D eigenvalue weighted by Crippen LogP contribution is 2.18. The van der Waals surface area contributed by atoms with Crippen molar-refractivity contribution in [1.29, 1.82) is 0 Å². The number of aromatic nitrogens is 5. The second-order valence-corrected chi connectivity index (χ2v) is 4.68. The molecule has 1 saturated heterocycles. The van der Waals surface area contributed by atoms with Crippen LogP contribution in [-0.4, -0.2) is 56.4 Å². The first-order chi connectivity index (χ1) is 10.1. The monoisotopic (exact) mass is 309 g/mol. The highest BCUT2D eigenvalue weighted by molar-refractivity contribution is 6.28. The maximum Gasteiger partial charge on any atom is 0.256 e. The minimum Gasteiger partial charge on any atom is -0.377 e. The molecule has 1 amide bonds. The first kappa shape index (κ1) is 13.7. The van der Waals surface area contributed by atoms with Crippen LogP contribution in [0.25, 0.3) is 5.95 Å². The second-order valence-electron chi connectivity index (χ2n) is 4.34. The lowest BCUT2D eigenvalue weighted by Crippen LogP contribution is -2.53. The molecule has 0 saturated carbocycles. The second kappa shape index (κ2) is 5.62. The van der Waals surface area contributed by atoms with Crippen molar-refractivity contribution in [3.05, 3.63) is 23.7 Å². The molecular weight excluding hydrogens is 298 g/mol. The predicted molar refractivity (Wildman–Crippen MR) is 73.1 cm³/mol. The van der Waals surface area contributed by atoms with Crippen LogP contribution >= 0.6 is 11.6 Å². The molecule has 10 heteroatoms. The lowest BCUT2D eigenvalue weighted by Gasteiger charge is -2.33. The summed E-state index contributed by atoms with van der Waals surface area (Å²) in [6.07, 6.45) is 3.28. The minimum absolute atomic E-state index is 0.0141. The van der Waals surface area contributed by atoms with E-state index < -0.39 is 11.9 Å². The number of carbonyl (C=O) groups excluding carboxylic acids is 1. The average Bonchev–Trinajstić information content (AvgIpc) is 3.01. The summed E-state index contributed by atoms with van der Waals surface area (Å²) < 4.78 is 6.72. The Labute approximate surface area is 124 Å². The van der Waals surface area contributed by atoms with Crippen LogP contribution in [0, 0.1) is 0 Å². The van der Waals surface area contributed by atoms with Gasteiger partial charge in [-0.05, 0) is 17.7 Å². The van der Waals surface area contributed by atoms with Crippen LogP contribution in [-0.2, 0) is 9.53 Å². The van der Waals surface area contributed by atoms with Gasteiger partial charge in [0.2, 0.25) is 17.1 Å². The molecule has 1 fully saturated rings. The minimum atomic E-state index is -0.636. The van der Waals surface area contributed by atoms with Gasteiger partial charge >= 0.3 is 0 Å². The predicted octanol–water partition coefficient (Wildman–Crippen LogP) is -0.599.